The monoisotopic (exact) mass is 290 g/mol. The minimum absolute atomic E-state index is 0.196. The summed E-state index contributed by atoms with van der Waals surface area (Å²) < 4.78 is 15.5. The molecule has 0 bridgehead atoms. The van der Waals surface area contributed by atoms with Crippen LogP contribution in [-0.2, 0) is 20.1 Å². The van der Waals surface area contributed by atoms with E-state index in [0.29, 0.717) is 13.1 Å². The summed E-state index contributed by atoms with van der Waals surface area (Å²) in [7, 11) is 3.86. The maximum atomic E-state index is 13.8. The van der Waals surface area contributed by atoms with Crippen molar-refractivity contribution in [3.05, 3.63) is 47.5 Å². The molecule has 1 heterocycles. The maximum absolute atomic E-state index is 13.8. The molecule has 0 atom stereocenters. The Kier molecular flexibility index (Phi) is 5.33. The van der Waals surface area contributed by atoms with Gasteiger partial charge in [0.25, 0.3) is 0 Å². The Bertz CT molecular complexity index is 579. The number of aromatic nitrogens is 2. The quantitative estimate of drug-likeness (QED) is 0.796. The van der Waals surface area contributed by atoms with Gasteiger partial charge in [-0.25, -0.2) is 4.39 Å². The molecule has 2 rings (SSSR count). The van der Waals surface area contributed by atoms with Crippen molar-refractivity contribution in [2.24, 2.45) is 7.05 Å². The topological polar surface area (TPSA) is 33.1 Å². The second-order valence-electron chi connectivity index (χ2n) is 5.37. The summed E-state index contributed by atoms with van der Waals surface area (Å²) in [6.07, 6.45) is 4.88. The molecule has 1 aromatic carbocycles. The van der Waals surface area contributed by atoms with Crippen LogP contribution in [0.15, 0.2) is 30.6 Å². The molecule has 0 aliphatic heterocycles. The highest BCUT2D eigenvalue weighted by Gasteiger charge is 2.07. The zero-order valence-corrected chi connectivity index (χ0v) is 12.9. The molecule has 21 heavy (non-hydrogen) atoms. The predicted molar refractivity (Wildman–Crippen MR) is 83.7 cm³/mol. The maximum Gasteiger partial charge on any atom is 0.125 e. The van der Waals surface area contributed by atoms with Crippen molar-refractivity contribution in [1.29, 1.82) is 0 Å². The number of aryl methyl sites for hydroxylation is 1. The zero-order chi connectivity index (χ0) is 15.2. The van der Waals surface area contributed by atoms with Crippen molar-refractivity contribution in [3.63, 3.8) is 0 Å². The van der Waals surface area contributed by atoms with Crippen LogP contribution < -0.4 is 10.2 Å². The van der Waals surface area contributed by atoms with Crippen LogP contribution in [0.1, 0.15) is 24.5 Å². The lowest BCUT2D eigenvalue weighted by atomic mass is 10.1. The summed E-state index contributed by atoms with van der Waals surface area (Å²) in [4.78, 5) is 2.03. The van der Waals surface area contributed by atoms with Crippen molar-refractivity contribution in [2.75, 3.05) is 18.5 Å². The van der Waals surface area contributed by atoms with Gasteiger partial charge in [0.1, 0.15) is 5.82 Å². The molecular weight excluding hydrogens is 267 g/mol. The summed E-state index contributed by atoms with van der Waals surface area (Å²) in [6.45, 7) is 4.46. The molecule has 0 fully saturated rings. The van der Waals surface area contributed by atoms with Gasteiger partial charge in [-0.15, -0.1) is 0 Å². The Balaban J connectivity index is 2.07. The van der Waals surface area contributed by atoms with E-state index in [1.807, 2.05) is 37.5 Å². The molecular formula is C16H23FN4. The number of nitrogens with one attached hydrogen (secondary N) is 1. The van der Waals surface area contributed by atoms with Gasteiger partial charge in [0.2, 0.25) is 0 Å². The molecule has 0 spiro atoms. The number of halogens is 1. The van der Waals surface area contributed by atoms with Gasteiger partial charge in [-0.2, -0.15) is 5.10 Å². The van der Waals surface area contributed by atoms with E-state index in [1.165, 1.54) is 0 Å². The van der Waals surface area contributed by atoms with Gasteiger partial charge in [-0.1, -0.05) is 6.92 Å². The van der Waals surface area contributed by atoms with Crippen LogP contribution in [0.2, 0.25) is 0 Å². The molecule has 2 aromatic rings. The lowest BCUT2D eigenvalue weighted by molar-refractivity contribution is 0.618. The lowest BCUT2D eigenvalue weighted by Crippen LogP contribution is -2.18. The Morgan fingerprint density at radius 2 is 2.10 bits per heavy atom. The van der Waals surface area contributed by atoms with Gasteiger partial charge in [0, 0.05) is 44.6 Å². The largest absolute Gasteiger partial charge is 0.370 e. The highest BCUT2D eigenvalue weighted by Crippen LogP contribution is 2.19. The summed E-state index contributed by atoms with van der Waals surface area (Å²) in [5.41, 5.74) is 2.96. The number of anilines is 1. The molecule has 0 aliphatic rings. The van der Waals surface area contributed by atoms with E-state index < -0.39 is 0 Å². The minimum Gasteiger partial charge on any atom is -0.370 e. The van der Waals surface area contributed by atoms with Crippen LogP contribution >= 0.6 is 0 Å². The van der Waals surface area contributed by atoms with E-state index in [0.717, 1.165) is 29.8 Å². The highest BCUT2D eigenvalue weighted by atomic mass is 19.1. The molecule has 114 valence electrons. The first-order valence-electron chi connectivity index (χ1n) is 7.27. The van der Waals surface area contributed by atoms with Gasteiger partial charge in [0.05, 0.1) is 6.20 Å². The van der Waals surface area contributed by atoms with Crippen LogP contribution in [0.3, 0.4) is 0 Å². The average Bonchev–Trinajstić information content (AvgIpc) is 2.84. The minimum atomic E-state index is -0.196. The van der Waals surface area contributed by atoms with Crippen molar-refractivity contribution >= 4 is 5.69 Å². The third-order valence-electron chi connectivity index (χ3n) is 3.32. The van der Waals surface area contributed by atoms with E-state index in [2.05, 4.69) is 17.3 Å². The lowest BCUT2D eigenvalue weighted by Gasteiger charge is -2.19. The normalized spacial score (nSPS) is 10.9. The molecule has 4 nitrogen and oxygen atoms in total. The van der Waals surface area contributed by atoms with Gasteiger partial charge < -0.3 is 10.2 Å². The molecule has 0 aliphatic carbocycles. The van der Waals surface area contributed by atoms with E-state index >= 15 is 0 Å². The van der Waals surface area contributed by atoms with Crippen molar-refractivity contribution in [1.82, 2.24) is 15.1 Å². The summed E-state index contributed by atoms with van der Waals surface area (Å²) >= 11 is 0. The molecule has 0 amide bonds. The Labute approximate surface area is 125 Å². The fourth-order valence-electron chi connectivity index (χ4n) is 2.28. The summed E-state index contributed by atoms with van der Waals surface area (Å²) in [6, 6.07) is 5.19. The second kappa shape index (κ2) is 7.22. The molecule has 5 heteroatoms. The molecule has 0 saturated heterocycles. The number of hydrogen-bond acceptors (Lipinski definition) is 3. The highest BCUT2D eigenvalue weighted by molar-refractivity contribution is 5.48. The Morgan fingerprint density at radius 3 is 2.76 bits per heavy atom. The van der Waals surface area contributed by atoms with Crippen LogP contribution in [0.25, 0.3) is 0 Å². The summed E-state index contributed by atoms with van der Waals surface area (Å²) in [5, 5.41) is 7.45. The van der Waals surface area contributed by atoms with Crippen molar-refractivity contribution in [3.8, 4) is 0 Å². The first kappa shape index (κ1) is 15.5. The van der Waals surface area contributed by atoms with Crippen LogP contribution in [-0.4, -0.2) is 23.4 Å². The fourth-order valence-corrected chi connectivity index (χ4v) is 2.28. The van der Waals surface area contributed by atoms with Gasteiger partial charge in [-0.3, -0.25) is 4.68 Å². The SMILES string of the molecule is CCCNCc1cc(F)cc(N(C)Cc2cnn(C)c2)c1. The van der Waals surface area contributed by atoms with Gasteiger partial charge in [0.15, 0.2) is 0 Å². The van der Waals surface area contributed by atoms with E-state index in [9.17, 15) is 4.39 Å². The summed E-state index contributed by atoms with van der Waals surface area (Å²) in [5.74, 6) is -0.196. The zero-order valence-electron chi connectivity index (χ0n) is 12.9. The Hall–Kier alpha value is -1.88. The molecule has 0 radical (unpaired) electrons. The second-order valence-corrected chi connectivity index (χ2v) is 5.37. The fraction of sp³-hybridized carbons (Fsp3) is 0.438. The number of rotatable bonds is 7. The van der Waals surface area contributed by atoms with Crippen LogP contribution in [0.5, 0.6) is 0 Å². The van der Waals surface area contributed by atoms with Gasteiger partial charge in [-0.05, 0) is 36.7 Å². The first-order valence-corrected chi connectivity index (χ1v) is 7.27. The third-order valence-corrected chi connectivity index (χ3v) is 3.32. The Morgan fingerprint density at radius 1 is 1.29 bits per heavy atom. The molecule has 1 N–H and O–H groups in total. The standard InChI is InChI=1S/C16H23FN4/c1-4-5-18-9-13-6-15(17)8-16(7-13)20(2)11-14-10-19-21(3)12-14/h6-8,10,12,18H,4-5,9,11H2,1-3H3. The third kappa shape index (κ3) is 4.56. The first-order chi connectivity index (χ1) is 10.1. The van der Waals surface area contributed by atoms with E-state index in [4.69, 9.17) is 0 Å². The van der Waals surface area contributed by atoms with Gasteiger partial charge >= 0.3 is 0 Å². The van der Waals surface area contributed by atoms with Crippen LogP contribution in [0.4, 0.5) is 10.1 Å². The molecule has 0 unspecified atom stereocenters. The number of benzene rings is 1. The van der Waals surface area contributed by atoms with E-state index in [1.54, 1.807) is 16.8 Å². The van der Waals surface area contributed by atoms with E-state index in [-0.39, 0.29) is 5.82 Å². The van der Waals surface area contributed by atoms with Crippen molar-refractivity contribution < 1.29 is 4.39 Å². The predicted octanol–water partition coefficient (Wildman–Crippen LogP) is 2.70. The van der Waals surface area contributed by atoms with Crippen LogP contribution in [0, 0.1) is 5.82 Å². The molecule has 0 saturated carbocycles. The number of nitrogens with zero attached hydrogens (tertiary/aromatic N) is 3. The van der Waals surface area contributed by atoms with Crippen molar-refractivity contribution in [2.45, 2.75) is 26.4 Å². The number of hydrogen-bond donors (Lipinski definition) is 1. The smallest absolute Gasteiger partial charge is 0.125 e. The molecule has 1 aromatic heterocycles. The average molecular weight is 290 g/mol.